The topological polar surface area (TPSA) is 86.2 Å². The van der Waals surface area contributed by atoms with Crippen molar-refractivity contribution in [1.82, 2.24) is 0 Å². The fourth-order valence-corrected chi connectivity index (χ4v) is 3.21. The minimum atomic E-state index is -1.40. The molecule has 110 valence electrons. The predicted octanol–water partition coefficient (Wildman–Crippen LogP) is 2.93. The summed E-state index contributed by atoms with van der Waals surface area (Å²) in [4.78, 5) is 10.3. The van der Waals surface area contributed by atoms with E-state index in [0.29, 0.717) is 16.1 Å². The van der Waals surface area contributed by atoms with E-state index < -0.39 is 27.2 Å². The highest BCUT2D eigenvalue weighted by Crippen LogP contribution is 2.22. The maximum absolute atomic E-state index is 13.5. The number of nitrogens with two attached hydrogens (primary N) is 1. The molecule has 5 nitrogen and oxygen atoms in total. The first-order chi connectivity index (χ1) is 9.88. The maximum Gasteiger partial charge on any atom is 0.304 e. The molecular weight excluding hydrogens is 295 g/mol. The van der Waals surface area contributed by atoms with Gasteiger partial charge in [0.1, 0.15) is 0 Å². The Morgan fingerprint density at radius 1 is 1.29 bits per heavy atom. The van der Waals surface area contributed by atoms with Crippen LogP contribution in [0.2, 0.25) is 0 Å². The van der Waals surface area contributed by atoms with Gasteiger partial charge in [0.2, 0.25) is 5.82 Å². The number of aryl methyl sites for hydroxylation is 1. The van der Waals surface area contributed by atoms with Crippen LogP contribution in [-0.2, 0) is 16.6 Å². The number of anilines is 1. The van der Waals surface area contributed by atoms with Gasteiger partial charge in [0.15, 0.2) is 0 Å². The van der Waals surface area contributed by atoms with Crippen molar-refractivity contribution in [3.8, 4) is 0 Å². The molecule has 1 unspecified atom stereocenters. The van der Waals surface area contributed by atoms with E-state index in [1.165, 1.54) is 6.07 Å². The molecule has 7 heteroatoms. The zero-order valence-corrected chi connectivity index (χ0v) is 12.0. The van der Waals surface area contributed by atoms with Crippen LogP contribution in [0.5, 0.6) is 0 Å². The van der Waals surface area contributed by atoms with Gasteiger partial charge in [-0.15, -0.1) is 0 Å². The summed E-state index contributed by atoms with van der Waals surface area (Å²) in [5, 5.41) is 10.6. The number of nitrogens with zero attached hydrogens (tertiary/aromatic N) is 1. The molecule has 2 rings (SSSR count). The van der Waals surface area contributed by atoms with Crippen molar-refractivity contribution in [1.29, 1.82) is 0 Å². The Morgan fingerprint density at radius 3 is 2.62 bits per heavy atom. The first kappa shape index (κ1) is 15.1. The van der Waals surface area contributed by atoms with Gasteiger partial charge in [-0.05, 0) is 36.2 Å². The molecule has 0 aliphatic carbocycles. The number of benzene rings is 2. The molecule has 2 aromatic carbocycles. The van der Waals surface area contributed by atoms with Crippen molar-refractivity contribution < 1.29 is 13.5 Å². The number of halogens is 1. The van der Waals surface area contributed by atoms with Crippen LogP contribution in [0.3, 0.4) is 0 Å². The van der Waals surface area contributed by atoms with Crippen molar-refractivity contribution in [2.75, 3.05) is 5.73 Å². The molecule has 21 heavy (non-hydrogen) atoms. The van der Waals surface area contributed by atoms with Gasteiger partial charge in [0, 0.05) is 16.6 Å². The summed E-state index contributed by atoms with van der Waals surface area (Å²) in [6, 6.07) is 8.61. The van der Waals surface area contributed by atoms with E-state index in [-0.39, 0.29) is 5.75 Å². The summed E-state index contributed by atoms with van der Waals surface area (Å²) < 4.78 is 25.9. The Morgan fingerprint density at radius 2 is 2.00 bits per heavy atom. The predicted molar refractivity (Wildman–Crippen MR) is 78.8 cm³/mol. The molecule has 0 aromatic heterocycles. The zero-order chi connectivity index (χ0) is 15.6. The van der Waals surface area contributed by atoms with Gasteiger partial charge in [-0.25, -0.2) is 0 Å². The number of hydrogen-bond acceptors (Lipinski definition) is 4. The minimum absolute atomic E-state index is 0.0687. The Balaban J connectivity index is 2.26. The van der Waals surface area contributed by atoms with E-state index in [4.69, 9.17) is 5.73 Å². The third-order valence-electron chi connectivity index (χ3n) is 2.96. The molecule has 0 amide bonds. The van der Waals surface area contributed by atoms with Gasteiger partial charge in [-0.2, -0.15) is 4.39 Å². The fraction of sp³-hybridized carbons (Fsp3) is 0.143. The molecule has 1 atom stereocenters. The normalized spacial score (nSPS) is 12.1. The number of nitro groups is 1. The molecule has 0 heterocycles. The Labute approximate surface area is 123 Å². The number of nitro benzene ring substituents is 1. The average molecular weight is 308 g/mol. The minimum Gasteiger partial charge on any atom is -0.399 e. The van der Waals surface area contributed by atoms with Crippen LogP contribution < -0.4 is 5.73 Å². The molecule has 0 saturated heterocycles. The van der Waals surface area contributed by atoms with Crippen LogP contribution in [0.15, 0.2) is 41.3 Å². The van der Waals surface area contributed by atoms with E-state index in [1.807, 2.05) is 6.92 Å². The van der Waals surface area contributed by atoms with Crippen molar-refractivity contribution >= 4 is 22.2 Å². The summed E-state index contributed by atoms with van der Waals surface area (Å²) in [6.45, 7) is 1.81. The van der Waals surface area contributed by atoms with Gasteiger partial charge in [-0.3, -0.25) is 14.3 Å². The van der Waals surface area contributed by atoms with Crippen molar-refractivity contribution in [2.45, 2.75) is 17.6 Å². The summed E-state index contributed by atoms with van der Waals surface area (Å²) in [5.41, 5.74) is 6.83. The van der Waals surface area contributed by atoms with Gasteiger partial charge in [-0.1, -0.05) is 12.1 Å². The first-order valence-electron chi connectivity index (χ1n) is 6.06. The van der Waals surface area contributed by atoms with Gasteiger partial charge < -0.3 is 5.73 Å². The second-order valence-corrected chi connectivity index (χ2v) is 5.98. The SMILES string of the molecule is Cc1ccc(N)cc1S(=O)Cc1ccc([N+](=O)[O-])c(F)c1. The quantitative estimate of drug-likeness (QED) is 0.534. The van der Waals surface area contributed by atoms with Crippen LogP contribution in [0.1, 0.15) is 11.1 Å². The largest absolute Gasteiger partial charge is 0.399 e. The highest BCUT2D eigenvalue weighted by atomic mass is 32.2. The van der Waals surface area contributed by atoms with Crippen LogP contribution in [0, 0.1) is 22.9 Å². The lowest BCUT2D eigenvalue weighted by atomic mass is 10.2. The lowest BCUT2D eigenvalue weighted by Crippen LogP contribution is -2.01. The van der Waals surface area contributed by atoms with E-state index in [9.17, 15) is 18.7 Å². The Bertz CT molecular complexity index is 734. The monoisotopic (exact) mass is 308 g/mol. The number of hydrogen-bond donors (Lipinski definition) is 1. The van der Waals surface area contributed by atoms with Crippen molar-refractivity contribution in [2.24, 2.45) is 0 Å². The summed E-state index contributed by atoms with van der Waals surface area (Å²) in [6.07, 6.45) is 0. The summed E-state index contributed by atoms with van der Waals surface area (Å²) >= 11 is 0. The lowest BCUT2D eigenvalue weighted by Gasteiger charge is -2.07. The molecule has 0 aliphatic heterocycles. The van der Waals surface area contributed by atoms with Crippen LogP contribution in [-0.4, -0.2) is 9.13 Å². The molecule has 0 radical (unpaired) electrons. The molecule has 0 bridgehead atoms. The van der Waals surface area contributed by atoms with E-state index >= 15 is 0 Å². The number of rotatable bonds is 4. The molecule has 2 N–H and O–H groups in total. The van der Waals surface area contributed by atoms with E-state index in [0.717, 1.165) is 17.7 Å². The van der Waals surface area contributed by atoms with Gasteiger partial charge >= 0.3 is 5.69 Å². The highest BCUT2D eigenvalue weighted by Gasteiger charge is 2.15. The van der Waals surface area contributed by atoms with E-state index in [2.05, 4.69) is 0 Å². The Hall–Kier alpha value is -2.28. The molecular formula is C14H13FN2O3S. The second kappa shape index (κ2) is 6.01. The summed E-state index contributed by atoms with van der Waals surface area (Å²) in [7, 11) is -1.40. The molecule has 0 fully saturated rings. The van der Waals surface area contributed by atoms with Crippen LogP contribution in [0.25, 0.3) is 0 Å². The van der Waals surface area contributed by atoms with E-state index in [1.54, 1.807) is 18.2 Å². The third kappa shape index (κ3) is 3.43. The maximum atomic E-state index is 13.5. The highest BCUT2D eigenvalue weighted by molar-refractivity contribution is 7.84. The van der Waals surface area contributed by atoms with Gasteiger partial charge in [0.25, 0.3) is 0 Å². The fourth-order valence-electron chi connectivity index (χ4n) is 1.88. The standard InChI is InChI=1S/C14H13FN2O3S/c1-9-2-4-11(16)7-14(9)21(20)8-10-3-5-13(17(18)19)12(15)6-10/h2-7H,8,16H2,1H3. The second-order valence-electron chi connectivity index (χ2n) is 4.56. The Kier molecular flexibility index (Phi) is 4.32. The smallest absolute Gasteiger partial charge is 0.304 e. The first-order valence-corrected chi connectivity index (χ1v) is 7.37. The summed E-state index contributed by atoms with van der Waals surface area (Å²) in [5.74, 6) is -0.863. The molecule has 0 saturated carbocycles. The lowest BCUT2D eigenvalue weighted by molar-refractivity contribution is -0.387. The number of nitrogen functional groups attached to an aromatic ring is 1. The van der Waals surface area contributed by atoms with Crippen molar-refractivity contribution in [3.63, 3.8) is 0 Å². The van der Waals surface area contributed by atoms with Crippen LogP contribution in [0.4, 0.5) is 15.8 Å². The average Bonchev–Trinajstić information content (AvgIpc) is 2.41. The molecule has 2 aromatic rings. The molecule has 0 spiro atoms. The van der Waals surface area contributed by atoms with Crippen LogP contribution >= 0.6 is 0 Å². The zero-order valence-electron chi connectivity index (χ0n) is 11.2. The third-order valence-corrected chi connectivity index (χ3v) is 4.49. The molecule has 0 aliphatic rings. The van der Waals surface area contributed by atoms with Crippen molar-refractivity contribution in [3.05, 3.63) is 63.5 Å². The van der Waals surface area contributed by atoms with Gasteiger partial charge in [0.05, 0.1) is 21.5 Å².